The van der Waals surface area contributed by atoms with Crippen molar-refractivity contribution in [3.8, 4) is 0 Å². The average molecular weight is 302 g/mol. The van der Waals surface area contributed by atoms with Gasteiger partial charge in [-0.2, -0.15) is 0 Å². The molecule has 1 amide bonds. The van der Waals surface area contributed by atoms with E-state index in [1.165, 1.54) is 4.88 Å². The summed E-state index contributed by atoms with van der Waals surface area (Å²) in [6.07, 6.45) is 1.95. The highest BCUT2D eigenvalue weighted by molar-refractivity contribution is 7.09. The maximum absolute atomic E-state index is 12.6. The zero-order valence-electron chi connectivity index (χ0n) is 12.6. The number of likely N-dealkylation sites (N-methyl/N-ethyl adjacent to an activating group) is 1. The Morgan fingerprint density at radius 3 is 2.76 bits per heavy atom. The average Bonchev–Trinajstić information content (AvgIpc) is 3.03. The normalized spacial score (nSPS) is 10.4. The molecule has 0 unspecified atom stereocenters. The van der Waals surface area contributed by atoms with Crippen molar-refractivity contribution >= 4 is 22.9 Å². The first kappa shape index (κ1) is 15.6. The van der Waals surface area contributed by atoms with Gasteiger partial charge in [-0.05, 0) is 36.4 Å². The van der Waals surface area contributed by atoms with Crippen LogP contribution in [0.1, 0.15) is 28.6 Å². The number of para-hydroxylation sites is 1. The molecule has 2 rings (SSSR count). The quantitative estimate of drug-likeness (QED) is 0.841. The summed E-state index contributed by atoms with van der Waals surface area (Å²) in [6.45, 7) is 3.73. The number of hydrogen-bond acceptors (Lipinski definition) is 3. The lowest BCUT2D eigenvalue weighted by Gasteiger charge is -2.19. The summed E-state index contributed by atoms with van der Waals surface area (Å²) < 4.78 is 0. The first-order valence-corrected chi connectivity index (χ1v) is 8.21. The predicted molar refractivity (Wildman–Crippen MR) is 90.2 cm³/mol. The van der Waals surface area contributed by atoms with E-state index < -0.39 is 0 Å². The Morgan fingerprint density at radius 1 is 1.24 bits per heavy atom. The van der Waals surface area contributed by atoms with Gasteiger partial charge in [0, 0.05) is 30.7 Å². The lowest BCUT2D eigenvalue weighted by Crippen LogP contribution is -2.29. The van der Waals surface area contributed by atoms with Crippen LogP contribution in [0.5, 0.6) is 0 Å². The Kier molecular flexibility index (Phi) is 5.81. The second-order valence-corrected chi connectivity index (χ2v) is 6.06. The van der Waals surface area contributed by atoms with E-state index in [1.807, 2.05) is 37.4 Å². The maximum atomic E-state index is 12.6. The fraction of sp³-hybridized carbons (Fsp3) is 0.353. The second-order valence-electron chi connectivity index (χ2n) is 5.03. The summed E-state index contributed by atoms with van der Waals surface area (Å²) in [5.74, 6) is 0.0748. The van der Waals surface area contributed by atoms with Gasteiger partial charge in [-0.25, -0.2) is 0 Å². The maximum Gasteiger partial charge on any atom is 0.255 e. The fourth-order valence-electron chi connectivity index (χ4n) is 2.12. The Bertz CT molecular complexity index is 566. The number of benzene rings is 1. The van der Waals surface area contributed by atoms with Crippen molar-refractivity contribution < 1.29 is 4.79 Å². The van der Waals surface area contributed by atoms with Crippen LogP contribution in [0.4, 0.5) is 5.69 Å². The summed E-state index contributed by atoms with van der Waals surface area (Å²) in [5.41, 5.74) is 1.67. The molecule has 0 aliphatic heterocycles. The fourth-order valence-corrected chi connectivity index (χ4v) is 2.82. The molecule has 3 nitrogen and oxygen atoms in total. The monoisotopic (exact) mass is 302 g/mol. The van der Waals surface area contributed by atoms with Gasteiger partial charge < -0.3 is 10.2 Å². The number of thiophene rings is 1. The highest BCUT2D eigenvalue weighted by atomic mass is 32.1. The minimum Gasteiger partial charge on any atom is -0.384 e. The first-order chi connectivity index (χ1) is 10.2. The molecule has 1 aromatic heterocycles. The van der Waals surface area contributed by atoms with Crippen LogP contribution >= 0.6 is 11.3 Å². The molecule has 0 aliphatic rings. The van der Waals surface area contributed by atoms with Crippen LogP contribution in [0.2, 0.25) is 0 Å². The molecule has 0 aliphatic carbocycles. The van der Waals surface area contributed by atoms with E-state index in [-0.39, 0.29) is 5.91 Å². The van der Waals surface area contributed by atoms with Crippen molar-refractivity contribution in [1.82, 2.24) is 4.90 Å². The van der Waals surface area contributed by atoms with Gasteiger partial charge in [0.05, 0.1) is 5.56 Å². The number of nitrogens with zero attached hydrogens (tertiary/aromatic N) is 1. The van der Waals surface area contributed by atoms with Crippen LogP contribution in [0.25, 0.3) is 0 Å². The number of anilines is 1. The second kappa shape index (κ2) is 7.84. The SMILES string of the molecule is CCCNc1ccccc1C(=O)N(C)CCc1cccs1. The first-order valence-electron chi connectivity index (χ1n) is 7.33. The van der Waals surface area contributed by atoms with Crippen LogP contribution < -0.4 is 5.32 Å². The van der Waals surface area contributed by atoms with Crippen LogP contribution in [0.15, 0.2) is 41.8 Å². The summed E-state index contributed by atoms with van der Waals surface area (Å²) in [7, 11) is 1.87. The molecule has 21 heavy (non-hydrogen) atoms. The lowest BCUT2D eigenvalue weighted by molar-refractivity contribution is 0.0798. The van der Waals surface area contributed by atoms with E-state index in [4.69, 9.17) is 0 Å². The number of hydrogen-bond donors (Lipinski definition) is 1. The van der Waals surface area contributed by atoms with Crippen molar-refractivity contribution in [2.24, 2.45) is 0 Å². The number of amides is 1. The highest BCUT2D eigenvalue weighted by Crippen LogP contribution is 2.17. The van der Waals surface area contributed by atoms with Gasteiger partial charge >= 0.3 is 0 Å². The van der Waals surface area contributed by atoms with E-state index in [0.29, 0.717) is 0 Å². The third kappa shape index (κ3) is 4.33. The molecule has 2 aromatic rings. The zero-order valence-corrected chi connectivity index (χ0v) is 13.5. The van der Waals surface area contributed by atoms with Crippen LogP contribution in [0.3, 0.4) is 0 Å². The van der Waals surface area contributed by atoms with E-state index in [9.17, 15) is 4.79 Å². The largest absolute Gasteiger partial charge is 0.384 e. The Hall–Kier alpha value is -1.81. The third-order valence-corrected chi connectivity index (χ3v) is 4.28. The third-order valence-electron chi connectivity index (χ3n) is 3.34. The van der Waals surface area contributed by atoms with Gasteiger partial charge in [-0.3, -0.25) is 4.79 Å². The van der Waals surface area contributed by atoms with Crippen molar-refractivity contribution in [3.63, 3.8) is 0 Å². The summed E-state index contributed by atoms with van der Waals surface area (Å²) in [6, 6.07) is 11.9. The Balaban J connectivity index is 2.01. The molecule has 0 saturated heterocycles. The van der Waals surface area contributed by atoms with Gasteiger partial charge in [-0.15, -0.1) is 11.3 Å². The molecular weight excluding hydrogens is 280 g/mol. The molecule has 0 saturated carbocycles. The number of carbonyl (C=O) groups is 1. The number of nitrogens with one attached hydrogen (secondary N) is 1. The molecule has 4 heteroatoms. The van der Waals surface area contributed by atoms with Gasteiger partial charge in [0.2, 0.25) is 0 Å². The van der Waals surface area contributed by atoms with Gasteiger partial charge in [0.25, 0.3) is 5.91 Å². The smallest absolute Gasteiger partial charge is 0.255 e. The molecule has 1 N–H and O–H groups in total. The van der Waals surface area contributed by atoms with E-state index in [1.54, 1.807) is 16.2 Å². The van der Waals surface area contributed by atoms with Crippen LogP contribution in [0, 0.1) is 0 Å². The lowest BCUT2D eigenvalue weighted by atomic mass is 10.1. The van der Waals surface area contributed by atoms with Gasteiger partial charge in [0.15, 0.2) is 0 Å². The minimum absolute atomic E-state index is 0.0748. The van der Waals surface area contributed by atoms with Gasteiger partial charge in [-0.1, -0.05) is 25.1 Å². The number of rotatable bonds is 7. The zero-order chi connectivity index (χ0) is 15.1. The molecule has 0 bridgehead atoms. The molecule has 0 radical (unpaired) electrons. The molecule has 0 atom stereocenters. The molecule has 0 fully saturated rings. The van der Waals surface area contributed by atoms with Crippen molar-refractivity contribution in [1.29, 1.82) is 0 Å². The van der Waals surface area contributed by atoms with Crippen molar-refractivity contribution in [2.45, 2.75) is 19.8 Å². The van der Waals surface area contributed by atoms with E-state index in [2.05, 4.69) is 23.7 Å². The number of carbonyl (C=O) groups excluding carboxylic acids is 1. The molecule has 0 spiro atoms. The summed E-state index contributed by atoms with van der Waals surface area (Å²) >= 11 is 1.74. The minimum atomic E-state index is 0.0748. The topological polar surface area (TPSA) is 32.3 Å². The Labute approximate surface area is 130 Å². The Morgan fingerprint density at radius 2 is 2.05 bits per heavy atom. The van der Waals surface area contributed by atoms with E-state index in [0.717, 1.165) is 37.2 Å². The standard InChI is InChI=1S/C17H22N2OS/c1-3-11-18-16-9-5-4-8-15(16)17(20)19(2)12-10-14-7-6-13-21-14/h4-9,13,18H,3,10-12H2,1-2H3. The van der Waals surface area contributed by atoms with Crippen molar-refractivity contribution in [2.75, 3.05) is 25.5 Å². The predicted octanol–water partition coefficient (Wildman–Crippen LogP) is 3.88. The van der Waals surface area contributed by atoms with E-state index >= 15 is 0 Å². The molecule has 1 heterocycles. The van der Waals surface area contributed by atoms with Crippen molar-refractivity contribution in [3.05, 3.63) is 52.2 Å². The molecule has 112 valence electrons. The summed E-state index contributed by atoms with van der Waals surface area (Å²) in [4.78, 5) is 15.7. The molecular formula is C17H22N2OS. The van der Waals surface area contributed by atoms with Crippen LogP contribution in [-0.2, 0) is 6.42 Å². The highest BCUT2D eigenvalue weighted by Gasteiger charge is 2.15. The van der Waals surface area contributed by atoms with Crippen LogP contribution in [-0.4, -0.2) is 30.9 Å². The summed E-state index contributed by atoms with van der Waals surface area (Å²) in [5, 5.41) is 5.39. The van der Waals surface area contributed by atoms with Gasteiger partial charge in [0.1, 0.15) is 0 Å². The molecule has 1 aromatic carbocycles.